The van der Waals surface area contributed by atoms with Crippen molar-refractivity contribution < 1.29 is 14.0 Å². The normalized spacial score (nSPS) is 15.6. The van der Waals surface area contributed by atoms with E-state index in [1.807, 2.05) is 32.9 Å². The molecule has 1 atom stereocenters. The molecule has 1 fully saturated rings. The molecule has 7 heteroatoms. The van der Waals surface area contributed by atoms with E-state index in [1.54, 1.807) is 13.0 Å². The van der Waals surface area contributed by atoms with Gasteiger partial charge in [0.25, 0.3) is 5.91 Å². The van der Waals surface area contributed by atoms with Gasteiger partial charge < -0.3 is 15.1 Å². The number of aryl methyl sites for hydroxylation is 2. The maximum Gasteiger partial charge on any atom is 0.279 e. The number of carbonyl (C=O) groups is 2. The number of nitrogens with one attached hydrogen (secondary N) is 2. The minimum atomic E-state index is -0.379. The summed E-state index contributed by atoms with van der Waals surface area (Å²) in [5, 5.41) is 5.82. The van der Waals surface area contributed by atoms with Crippen LogP contribution in [0, 0.1) is 25.7 Å². The summed E-state index contributed by atoms with van der Waals surface area (Å²) in [7, 11) is 0. The molecule has 28 heavy (non-hydrogen) atoms. The van der Waals surface area contributed by atoms with Gasteiger partial charge in [-0.05, 0) is 44.7 Å². The van der Waals surface area contributed by atoms with Gasteiger partial charge in [0.05, 0.1) is 0 Å². The molecule has 2 heterocycles. The molecular weight excluding hydrogens is 356 g/mol. The standard InChI is InChI=1S/C21H28N4O3/c1-12(2)17(24-19(26)15-9-5-6-10-15)21-25-18(14(4)28-21)20(27)23-16-11-7-8-13(3)22-16/h7-8,11-12,15,17H,5-6,9-10H2,1-4H3,(H,24,26)(H,22,23,27)/t17-/m1/s1. The van der Waals surface area contributed by atoms with Gasteiger partial charge >= 0.3 is 0 Å². The van der Waals surface area contributed by atoms with Crippen molar-refractivity contribution >= 4 is 17.6 Å². The summed E-state index contributed by atoms with van der Waals surface area (Å²) >= 11 is 0. The van der Waals surface area contributed by atoms with Crippen LogP contribution < -0.4 is 10.6 Å². The van der Waals surface area contributed by atoms with Crippen LogP contribution in [0.1, 0.15) is 73.4 Å². The highest BCUT2D eigenvalue weighted by Gasteiger charge is 2.30. The van der Waals surface area contributed by atoms with Crippen molar-refractivity contribution in [2.75, 3.05) is 5.32 Å². The number of carbonyl (C=O) groups excluding carboxylic acids is 2. The molecule has 0 unspecified atom stereocenters. The average molecular weight is 384 g/mol. The summed E-state index contributed by atoms with van der Waals surface area (Å²) in [6.07, 6.45) is 4.05. The minimum Gasteiger partial charge on any atom is -0.443 e. The monoisotopic (exact) mass is 384 g/mol. The molecule has 0 spiro atoms. The number of hydrogen-bond acceptors (Lipinski definition) is 5. The Morgan fingerprint density at radius 3 is 2.50 bits per heavy atom. The Balaban J connectivity index is 1.76. The SMILES string of the molecule is Cc1cccc(NC(=O)c2nc([C@H](NC(=O)C3CCCC3)C(C)C)oc2C)n1. The molecule has 2 aromatic heterocycles. The van der Waals surface area contributed by atoms with Crippen molar-refractivity contribution in [3.8, 4) is 0 Å². The minimum absolute atomic E-state index is 0.0435. The van der Waals surface area contributed by atoms with Gasteiger partial charge in [-0.15, -0.1) is 0 Å². The van der Waals surface area contributed by atoms with Gasteiger partial charge in [-0.2, -0.15) is 0 Å². The first-order valence-corrected chi connectivity index (χ1v) is 9.88. The number of nitrogens with zero attached hydrogens (tertiary/aromatic N) is 2. The fourth-order valence-corrected chi connectivity index (χ4v) is 3.52. The number of pyridine rings is 1. The Bertz CT molecular complexity index is 853. The van der Waals surface area contributed by atoms with E-state index in [0.717, 1.165) is 31.4 Å². The molecule has 1 saturated carbocycles. The van der Waals surface area contributed by atoms with Crippen LogP contribution in [0.15, 0.2) is 22.6 Å². The zero-order chi connectivity index (χ0) is 20.3. The second-order valence-corrected chi connectivity index (χ2v) is 7.79. The molecule has 0 aliphatic heterocycles. The highest BCUT2D eigenvalue weighted by atomic mass is 16.4. The molecule has 150 valence electrons. The summed E-state index contributed by atoms with van der Waals surface area (Å²) in [6, 6.07) is 5.03. The highest BCUT2D eigenvalue weighted by Crippen LogP contribution is 2.28. The first-order chi connectivity index (χ1) is 13.3. The molecular formula is C21H28N4O3. The Kier molecular flexibility index (Phi) is 6.11. The largest absolute Gasteiger partial charge is 0.443 e. The number of hydrogen-bond donors (Lipinski definition) is 2. The van der Waals surface area contributed by atoms with Crippen molar-refractivity contribution in [3.05, 3.63) is 41.2 Å². The van der Waals surface area contributed by atoms with Crippen LogP contribution in [0.4, 0.5) is 5.82 Å². The van der Waals surface area contributed by atoms with Crippen LogP contribution in [-0.2, 0) is 4.79 Å². The van der Waals surface area contributed by atoms with Crippen LogP contribution in [0.3, 0.4) is 0 Å². The Labute approximate surface area is 165 Å². The predicted molar refractivity (Wildman–Crippen MR) is 106 cm³/mol. The molecule has 0 bridgehead atoms. The first-order valence-electron chi connectivity index (χ1n) is 9.88. The fraction of sp³-hybridized carbons (Fsp3) is 0.524. The van der Waals surface area contributed by atoms with Gasteiger partial charge in [0.15, 0.2) is 5.69 Å². The van der Waals surface area contributed by atoms with Gasteiger partial charge in [-0.3, -0.25) is 9.59 Å². The molecule has 2 amide bonds. The molecule has 2 N–H and O–H groups in total. The van der Waals surface area contributed by atoms with Crippen molar-refractivity contribution in [3.63, 3.8) is 0 Å². The van der Waals surface area contributed by atoms with Crippen molar-refractivity contribution in [2.24, 2.45) is 11.8 Å². The summed E-state index contributed by atoms with van der Waals surface area (Å²) in [5.41, 5.74) is 1.02. The van der Waals surface area contributed by atoms with Crippen molar-refractivity contribution in [1.29, 1.82) is 0 Å². The molecule has 0 aromatic carbocycles. The lowest BCUT2D eigenvalue weighted by atomic mass is 10.0. The molecule has 0 saturated heterocycles. The van der Waals surface area contributed by atoms with Crippen molar-refractivity contribution in [2.45, 2.75) is 59.4 Å². The summed E-state index contributed by atoms with van der Waals surface area (Å²) in [6.45, 7) is 7.55. The Hall–Kier alpha value is -2.70. The van der Waals surface area contributed by atoms with E-state index in [9.17, 15) is 9.59 Å². The van der Waals surface area contributed by atoms with Crippen LogP contribution in [-0.4, -0.2) is 21.8 Å². The van der Waals surface area contributed by atoms with E-state index >= 15 is 0 Å². The third-order valence-corrected chi connectivity index (χ3v) is 5.11. The van der Waals surface area contributed by atoms with Crippen LogP contribution in [0.5, 0.6) is 0 Å². The van der Waals surface area contributed by atoms with Gasteiger partial charge in [0, 0.05) is 11.6 Å². The average Bonchev–Trinajstić information content (AvgIpc) is 3.29. The first kappa shape index (κ1) is 20.0. The van der Waals surface area contributed by atoms with E-state index in [1.165, 1.54) is 0 Å². The summed E-state index contributed by atoms with van der Waals surface area (Å²) < 4.78 is 5.78. The maximum atomic E-state index is 12.6. The van der Waals surface area contributed by atoms with E-state index in [4.69, 9.17) is 4.42 Å². The molecule has 1 aliphatic rings. The third-order valence-electron chi connectivity index (χ3n) is 5.11. The maximum absolute atomic E-state index is 12.6. The second kappa shape index (κ2) is 8.54. The lowest BCUT2D eigenvalue weighted by molar-refractivity contribution is -0.126. The molecule has 0 radical (unpaired) electrons. The molecule has 3 rings (SSSR count). The summed E-state index contributed by atoms with van der Waals surface area (Å²) in [4.78, 5) is 33.9. The van der Waals surface area contributed by atoms with Crippen LogP contribution >= 0.6 is 0 Å². The zero-order valence-electron chi connectivity index (χ0n) is 16.9. The Morgan fingerprint density at radius 2 is 1.86 bits per heavy atom. The summed E-state index contributed by atoms with van der Waals surface area (Å²) in [5.74, 6) is 1.05. The quantitative estimate of drug-likeness (QED) is 0.786. The van der Waals surface area contributed by atoms with Crippen molar-refractivity contribution in [1.82, 2.24) is 15.3 Å². The predicted octanol–water partition coefficient (Wildman–Crippen LogP) is 3.94. The van der Waals surface area contributed by atoms with E-state index in [0.29, 0.717) is 17.5 Å². The van der Waals surface area contributed by atoms with Gasteiger partial charge in [0.1, 0.15) is 17.6 Å². The highest BCUT2D eigenvalue weighted by molar-refractivity contribution is 6.03. The van der Waals surface area contributed by atoms with E-state index < -0.39 is 0 Å². The number of rotatable bonds is 6. The number of anilines is 1. The van der Waals surface area contributed by atoms with Gasteiger partial charge in [0.2, 0.25) is 11.8 Å². The second-order valence-electron chi connectivity index (χ2n) is 7.79. The topological polar surface area (TPSA) is 97.1 Å². The lowest BCUT2D eigenvalue weighted by Gasteiger charge is -2.21. The molecule has 7 nitrogen and oxygen atoms in total. The molecule has 1 aliphatic carbocycles. The Morgan fingerprint density at radius 1 is 1.14 bits per heavy atom. The number of oxazole rings is 1. The lowest BCUT2D eigenvalue weighted by Crippen LogP contribution is -2.35. The van der Waals surface area contributed by atoms with E-state index in [2.05, 4.69) is 20.6 Å². The van der Waals surface area contributed by atoms with Crippen LogP contribution in [0.25, 0.3) is 0 Å². The van der Waals surface area contributed by atoms with Crippen LogP contribution in [0.2, 0.25) is 0 Å². The number of aromatic nitrogens is 2. The zero-order valence-corrected chi connectivity index (χ0v) is 16.9. The van der Waals surface area contributed by atoms with Gasteiger partial charge in [-0.25, -0.2) is 9.97 Å². The van der Waals surface area contributed by atoms with E-state index in [-0.39, 0.29) is 35.4 Å². The fourth-order valence-electron chi connectivity index (χ4n) is 3.52. The smallest absolute Gasteiger partial charge is 0.279 e. The third kappa shape index (κ3) is 4.58. The number of amides is 2. The van der Waals surface area contributed by atoms with Gasteiger partial charge in [-0.1, -0.05) is 32.8 Å². The molecule has 2 aromatic rings.